The van der Waals surface area contributed by atoms with E-state index >= 15 is 0 Å². The summed E-state index contributed by atoms with van der Waals surface area (Å²) in [6.07, 6.45) is 6.71. The maximum atomic E-state index is 12.1. The van der Waals surface area contributed by atoms with E-state index in [2.05, 4.69) is 62.6 Å². The minimum atomic E-state index is -0.152. The molecule has 1 aromatic heterocycles. The number of pyridine rings is 1. The maximum Gasteiger partial charge on any atom is 0.248 e. The molecule has 2 aromatic carbocycles. The van der Waals surface area contributed by atoms with Crippen LogP contribution in [-0.2, 0) is 11.3 Å². The molecule has 0 bridgehead atoms. The Morgan fingerprint density at radius 2 is 1.70 bits per heavy atom. The molecule has 2 heterocycles. The van der Waals surface area contributed by atoms with Crippen molar-refractivity contribution in [3.05, 3.63) is 96.3 Å². The Kier molecular flexibility index (Phi) is 6.52. The van der Waals surface area contributed by atoms with Crippen molar-refractivity contribution in [2.75, 3.05) is 36.4 Å². The van der Waals surface area contributed by atoms with Crippen LogP contribution >= 0.6 is 0 Å². The maximum absolute atomic E-state index is 12.1. The molecule has 0 aliphatic carbocycles. The summed E-state index contributed by atoms with van der Waals surface area (Å²) in [6.45, 7) is 5.12. The molecule has 0 unspecified atom stereocenters. The summed E-state index contributed by atoms with van der Waals surface area (Å²) >= 11 is 0. The number of benzene rings is 2. The highest BCUT2D eigenvalue weighted by atomic mass is 16.1. The molecular formula is C25H26N4O. The van der Waals surface area contributed by atoms with Gasteiger partial charge in [-0.05, 0) is 47.5 Å². The number of nitrogens with one attached hydrogen (secondary N) is 1. The van der Waals surface area contributed by atoms with E-state index in [-0.39, 0.29) is 5.91 Å². The number of carbonyl (C=O) groups is 1. The summed E-state index contributed by atoms with van der Waals surface area (Å²) in [6, 6.07) is 22.5. The van der Waals surface area contributed by atoms with Crippen molar-refractivity contribution in [3.8, 4) is 0 Å². The number of piperazine rings is 1. The number of hydrogen-bond donors (Lipinski definition) is 1. The van der Waals surface area contributed by atoms with Gasteiger partial charge >= 0.3 is 0 Å². The lowest BCUT2D eigenvalue weighted by Gasteiger charge is -2.36. The van der Waals surface area contributed by atoms with Gasteiger partial charge in [-0.2, -0.15) is 0 Å². The van der Waals surface area contributed by atoms with Crippen LogP contribution in [0.3, 0.4) is 0 Å². The molecule has 1 aliphatic heterocycles. The summed E-state index contributed by atoms with van der Waals surface area (Å²) in [7, 11) is 0. The molecule has 1 amide bonds. The fourth-order valence-corrected chi connectivity index (χ4v) is 3.59. The fraction of sp³-hybridized carbons (Fsp3) is 0.200. The quantitative estimate of drug-likeness (QED) is 0.637. The Balaban J connectivity index is 1.26. The molecule has 0 atom stereocenters. The number of nitrogens with zero attached hydrogens (tertiary/aromatic N) is 3. The number of carbonyl (C=O) groups excluding carboxylic acids is 1. The first-order chi connectivity index (χ1) is 14.8. The molecule has 1 aliphatic rings. The third kappa shape index (κ3) is 5.55. The molecule has 30 heavy (non-hydrogen) atoms. The zero-order valence-corrected chi connectivity index (χ0v) is 16.9. The second kappa shape index (κ2) is 9.85. The van der Waals surface area contributed by atoms with Crippen LogP contribution < -0.4 is 10.2 Å². The highest BCUT2D eigenvalue weighted by Crippen LogP contribution is 2.20. The third-order valence-electron chi connectivity index (χ3n) is 5.23. The monoisotopic (exact) mass is 398 g/mol. The van der Waals surface area contributed by atoms with Crippen LogP contribution in [0, 0.1) is 0 Å². The van der Waals surface area contributed by atoms with Gasteiger partial charge in [-0.25, -0.2) is 0 Å². The van der Waals surface area contributed by atoms with Crippen molar-refractivity contribution in [2.45, 2.75) is 6.54 Å². The minimum absolute atomic E-state index is 0.152. The molecule has 1 saturated heterocycles. The lowest BCUT2D eigenvalue weighted by Crippen LogP contribution is -2.45. The van der Waals surface area contributed by atoms with Crippen molar-refractivity contribution in [1.29, 1.82) is 0 Å². The molecular weight excluding hydrogens is 372 g/mol. The molecule has 5 nitrogen and oxygen atoms in total. The average Bonchev–Trinajstić information content (AvgIpc) is 2.80. The number of amides is 1. The highest BCUT2D eigenvalue weighted by Gasteiger charge is 2.17. The van der Waals surface area contributed by atoms with Gasteiger partial charge in [0, 0.05) is 62.6 Å². The number of anilines is 2. The summed E-state index contributed by atoms with van der Waals surface area (Å²) < 4.78 is 0. The summed E-state index contributed by atoms with van der Waals surface area (Å²) in [5, 5.41) is 2.90. The fourth-order valence-electron chi connectivity index (χ4n) is 3.59. The first kappa shape index (κ1) is 19.9. The second-order valence-electron chi connectivity index (χ2n) is 7.40. The third-order valence-corrected chi connectivity index (χ3v) is 5.23. The van der Waals surface area contributed by atoms with E-state index in [4.69, 9.17) is 0 Å². The average molecular weight is 399 g/mol. The van der Waals surface area contributed by atoms with E-state index in [1.807, 2.05) is 24.3 Å². The molecule has 0 saturated carbocycles. The SMILES string of the molecule is O=C(/C=C/c1cccnc1)Nc1ccc(N2CCN(Cc3ccccc3)CC2)cc1. The first-order valence-corrected chi connectivity index (χ1v) is 10.3. The van der Waals surface area contributed by atoms with Gasteiger partial charge in [0.05, 0.1) is 0 Å². The van der Waals surface area contributed by atoms with Gasteiger partial charge in [0.2, 0.25) is 5.91 Å². The number of hydrogen-bond acceptors (Lipinski definition) is 4. The van der Waals surface area contributed by atoms with Crippen LogP contribution in [0.4, 0.5) is 11.4 Å². The molecule has 0 radical (unpaired) electrons. The van der Waals surface area contributed by atoms with Crippen LogP contribution in [0.5, 0.6) is 0 Å². The number of rotatable bonds is 6. The van der Waals surface area contributed by atoms with Gasteiger partial charge in [0.1, 0.15) is 0 Å². The predicted octanol–water partition coefficient (Wildman–Crippen LogP) is 4.06. The van der Waals surface area contributed by atoms with E-state index in [9.17, 15) is 4.79 Å². The van der Waals surface area contributed by atoms with Gasteiger partial charge in [0.25, 0.3) is 0 Å². The van der Waals surface area contributed by atoms with Gasteiger partial charge < -0.3 is 10.2 Å². The molecule has 152 valence electrons. The Hall–Kier alpha value is -3.44. The van der Waals surface area contributed by atoms with Gasteiger partial charge in [-0.1, -0.05) is 36.4 Å². The standard InChI is InChI=1S/C25H26N4O/c30-25(13-8-21-7-4-14-26-19-21)27-23-9-11-24(12-10-23)29-17-15-28(16-18-29)20-22-5-2-1-3-6-22/h1-14,19H,15-18,20H2,(H,27,30)/b13-8+. The largest absolute Gasteiger partial charge is 0.369 e. The zero-order valence-electron chi connectivity index (χ0n) is 16.9. The summed E-state index contributed by atoms with van der Waals surface area (Å²) in [4.78, 5) is 21.1. The molecule has 3 aromatic rings. The van der Waals surface area contributed by atoms with E-state index in [0.29, 0.717) is 0 Å². The van der Waals surface area contributed by atoms with E-state index in [1.165, 1.54) is 17.3 Å². The Bertz CT molecular complexity index is 963. The Labute approximate surface area is 177 Å². The van der Waals surface area contributed by atoms with Crippen LogP contribution in [0.1, 0.15) is 11.1 Å². The van der Waals surface area contributed by atoms with Crippen molar-refractivity contribution < 1.29 is 4.79 Å². The van der Waals surface area contributed by atoms with Crippen LogP contribution in [0.2, 0.25) is 0 Å². The molecule has 0 spiro atoms. The topological polar surface area (TPSA) is 48.5 Å². The zero-order chi connectivity index (χ0) is 20.6. The Morgan fingerprint density at radius 1 is 0.933 bits per heavy atom. The van der Waals surface area contributed by atoms with Gasteiger partial charge in [0.15, 0.2) is 0 Å². The predicted molar refractivity (Wildman–Crippen MR) is 122 cm³/mol. The first-order valence-electron chi connectivity index (χ1n) is 10.3. The molecule has 1 N–H and O–H groups in total. The number of aromatic nitrogens is 1. The second-order valence-corrected chi connectivity index (χ2v) is 7.40. The van der Waals surface area contributed by atoms with Crippen LogP contribution in [0.25, 0.3) is 6.08 Å². The molecule has 1 fully saturated rings. The van der Waals surface area contributed by atoms with E-state index in [1.54, 1.807) is 18.5 Å². The Morgan fingerprint density at radius 3 is 2.40 bits per heavy atom. The molecule has 4 rings (SSSR count). The summed E-state index contributed by atoms with van der Waals surface area (Å²) in [5.74, 6) is -0.152. The van der Waals surface area contributed by atoms with Crippen LogP contribution in [0.15, 0.2) is 85.2 Å². The van der Waals surface area contributed by atoms with E-state index < -0.39 is 0 Å². The van der Waals surface area contributed by atoms with Gasteiger partial charge in [-0.3, -0.25) is 14.7 Å². The summed E-state index contributed by atoms with van der Waals surface area (Å²) in [5.41, 5.74) is 4.25. The normalized spacial score (nSPS) is 14.7. The minimum Gasteiger partial charge on any atom is -0.369 e. The van der Waals surface area contributed by atoms with Crippen molar-refractivity contribution in [3.63, 3.8) is 0 Å². The van der Waals surface area contributed by atoms with Crippen molar-refractivity contribution >= 4 is 23.4 Å². The smallest absolute Gasteiger partial charge is 0.248 e. The van der Waals surface area contributed by atoms with Gasteiger partial charge in [-0.15, -0.1) is 0 Å². The lowest BCUT2D eigenvalue weighted by molar-refractivity contribution is -0.111. The highest BCUT2D eigenvalue weighted by molar-refractivity contribution is 6.01. The van der Waals surface area contributed by atoms with Crippen LogP contribution in [-0.4, -0.2) is 42.0 Å². The van der Waals surface area contributed by atoms with Crippen molar-refractivity contribution in [2.24, 2.45) is 0 Å². The van der Waals surface area contributed by atoms with E-state index in [0.717, 1.165) is 44.0 Å². The lowest BCUT2D eigenvalue weighted by atomic mass is 10.2. The molecule has 5 heteroatoms. The van der Waals surface area contributed by atoms with Crippen molar-refractivity contribution in [1.82, 2.24) is 9.88 Å².